The number of nitrogens with one attached hydrogen (secondary N) is 1. The standard InChI is InChI=1S/C17H26FNO/c1-4-19-13(3)17-15(18)9-6-10-16(17)20-14-8-5-7-12(2)11-14/h6,9-10,12-14,19H,4-5,7-8,11H2,1-3H3. The molecule has 2 nitrogen and oxygen atoms in total. The van der Waals surface area contributed by atoms with E-state index in [1.165, 1.54) is 18.9 Å². The molecule has 0 spiro atoms. The topological polar surface area (TPSA) is 21.3 Å². The summed E-state index contributed by atoms with van der Waals surface area (Å²) in [6.07, 6.45) is 4.87. The van der Waals surface area contributed by atoms with Crippen LogP contribution in [0.5, 0.6) is 5.75 Å². The minimum absolute atomic E-state index is 0.0304. The van der Waals surface area contributed by atoms with Crippen molar-refractivity contribution in [1.29, 1.82) is 0 Å². The summed E-state index contributed by atoms with van der Waals surface area (Å²) in [4.78, 5) is 0. The SMILES string of the molecule is CCNC(C)c1c(F)cccc1OC1CCCC(C)C1. The van der Waals surface area contributed by atoms with Crippen molar-refractivity contribution in [1.82, 2.24) is 5.32 Å². The van der Waals surface area contributed by atoms with E-state index >= 15 is 0 Å². The summed E-state index contributed by atoms with van der Waals surface area (Å²) in [5.41, 5.74) is 0.660. The molecule has 0 bridgehead atoms. The van der Waals surface area contributed by atoms with Crippen LogP contribution in [0.25, 0.3) is 0 Å². The van der Waals surface area contributed by atoms with Gasteiger partial charge in [0.2, 0.25) is 0 Å². The third-order valence-corrected chi connectivity index (χ3v) is 4.14. The highest BCUT2D eigenvalue weighted by molar-refractivity contribution is 5.37. The van der Waals surface area contributed by atoms with Gasteiger partial charge in [0.15, 0.2) is 0 Å². The Morgan fingerprint density at radius 1 is 1.40 bits per heavy atom. The number of hydrogen-bond donors (Lipinski definition) is 1. The quantitative estimate of drug-likeness (QED) is 0.859. The van der Waals surface area contributed by atoms with Gasteiger partial charge in [0, 0.05) is 11.6 Å². The van der Waals surface area contributed by atoms with Gasteiger partial charge in [0.25, 0.3) is 0 Å². The van der Waals surface area contributed by atoms with Gasteiger partial charge >= 0.3 is 0 Å². The molecular formula is C17H26FNO. The molecule has 112 valence electrons. The Labute approximate surface area is 121 Å². The van der Waals surface area contributed by atoms with Crippen LogP contribution in [-0.4, -0.2) is 12.6 Å². The zero-order valence-corrected chi connectivity index (χ0v) is 12.8. The molecule has 0 amide bonds. The molecule has 0 radical (unpaired) electrons. The van der Waals surface area contributed by atoms with Gasteiger partial charge in [-0.1, -0.05) is 26.3 Å². The van der Waals surface area contributed by atoms with E-state index < -0.39 is 0 Å². The van der Waals surface area contributed by atoms with E-state index in [2.05, 4.69) is 12.2 Å². The zero-order valence-electron chi connectivity index (χ0n) is 12.8. The predicted molar refractivity (Wildman–Crippen MR) is 80.5 cm³/mol. The molecule has 1 aliphatic rings. The lowest BCUT2D eigenvalue weighted by Gasteiger charge is -2.29. The first-order valence-electron chi connectivity index (χ1n) is 7.80. The lowest BCUT2D eigenvalue weighted by Crippen LogP contribution is -2.26. The first kappa shape index (κ1) is 15.3. The van der Waals surface area contributed by atoms with Crippen LogP contribution in [0.4, 0.5) is 4.39 Å². The predicted octanol–water partition coefficient (Wildman–Crippen LogP) is 4.45. The molecule has 1 aliphatic carbocycles. The summed E-state index contributed by atoms with van der Waals surface area (Å²) in [5, 5.41) is 3.27. The molecule has 0 aliphatic heterocycles. The molecule has 3 atom stereocenters. The zero-order chi connectivity index (χ0) is 14.5. The Hall–Kier alpha value is -1.09. The van der Waals surface area contributed by atoms with Gasteiger partial charge < -0.3 is 10.1 Å². The molecule has 0 saturated heterocycles. The smallest absolute Gasteiger partial charge is 0.131 e. The third kappa shape index (κ3) is 3.72. The fourth-order valence-electron chi connectivity index (χ4n) is 3.11. The molecule has 20 heavy (non-hydrogen) atoms. The molecule has 1 aromatic carbocycles. The molecule has 1 aromatic rings. The van der Waals surface area contributed by atoms with Crippen LogP contribution in [0.2, 0.25) is 0 Å². The molecule has 1 saturated carbocycles. The largest absolute Gasteiger partial charge is 0.490 e. The van der Waals surface area contributed by atoms with E-state index in [0.29, 0.717) is 17.2 Å². The number of ether oxygens (including phenoxy) is 1. The van der Waals surface area contributed by atoms with E-state index in [1.807, 2.05) is 19.9 Å². The molecule has 3 unspecified atom stereocenters. The Balaban J connectivity index is 2.16. The Kier molecular flexibility index (Phi) is 5.41. The van der Waals surface area contributed by atoms with E-state index in [1.54, 1.807) is 6.07 Å². The Morgan fingerprint density at radius 3 is 2.90 bits per heavy atom. The first-order valence-corrected chi connectivity index (χ1v) is 7.80. The normalized spacial score (nSPS) is 24.4. The number of benzene rings is 1. The van der Waals surface area contributed by atoms with Crippen molar-refractivity contribution in [2.24, 2.45) is 5.92 Å². The van der Waals surface area contributed by atoms with Gasteiger partial charge in [-0.3, -0.25) is 0 Å². The molecule has 1 fully saturated rings. The number of rotatable bonds is 5. The molecule has 1 N–H and O–H groups in total. The maximum absolute atomic E-state index is 14.1. The van der Waals surface area contributed by atoms with Crippen molar-refractivity contribution < 1.29 is 9.13 Å². The highest BCUT2D eigenvalue weighted by atomic mass is 19.1. The summed E-state index contributed by atoms with van der Waals surface area (Å²) in [7, 11) is 0. The summed E-state index contributed by atoms with van der Waals surface area (Å²) in [6, 6.07) is 5.11. The van der Waals surface area contributed by atoms with Crippen LogP contribution in [0.1, 0.15) is 58.1 Å². The second kappa shape index (κ2) is 7.07. The maximum Gasteiger partial charge on any atom is 0.131 e. The van der Waals surface area contributed by atoms with E-state index in [9.17, 15) is 4.39 Å². The van der Waals surface area contributed by atoms with Crippen molar-refractivity contribution in [2.45, 2.75) is 58.6 Å². The summed E-state index contributed by atoms with van der Waals surface area (Å²) < 4.78 is 20.3. The maximum atomic E-state index is 14.1. The first-order chi connectivity index (χ1) is 9.61. The molecule has 0 aromatic heterocycles. The molecule has 2 rings (SSSR count). The second-order valence-corrected chi connectivity index (χ2v) is 5.94. The average molecular weight is 279 g/mol. The second-order valence-electron chi connectivity index (χ2n) is 5.94. The van der Waals surface area contributed by atoms with Gasteiger partial charge in [-0.15, -0.1) is 0 Å². The van der Waals surface area contributed by atoms with Crippen LogP contribution in [0.15, 0.2) is 18.2 Å². The third-order valence-electron chi connectivity index (χ3n) is 4.14. The molecule has 3 heteroatoms. The average Bonchev–Trinajstić information content (AvgIpc) is 2.39. The monoisotopic (exact) mass is 279 g/mol. The van der Waals surface area contributed by atoms with Crippen LogP contribution in [0.3, 0.4) is 0 Å². The van der Waals surface area contributed by atoms with Gasteiger partial charge in [-0.2, -0.15) is 0 Å². The Bertz CT molecular complexity index is 435. The fraction of sp³-hybridized carbons (Fsp3) is 0.647. The van der Waals surface area contributed by atoms with Gasteiger partial charge in [-0.05, 0) is 50.8 Å². The Morgan fingerprint density at radius 2 is 2.20 bits per heavy atom. The van der Waals surface area contributed by atoms with E-state index in [4.69, 9.17) is 4.74 Å². The fourth-order valence-corrected chi connectivity index (χ4v) is 3.11. The van der Waals surface area contributed by atoms with Crippen molar-refractivity contribution in [3.05, 3.63) is 29.6 Å². The van der Waals surface area contributed by atoms with E-state index in [-0.39, 0.29) is 18.0 Å². The summed E-state index contributed by atoms with van der Waals surface area (Å²) in [5.74, 6) is 1.23. The highest BCUT2D eigenvalue weighted by Crippen LogP contribution is 2.32. The van der Waals surface area contributed by atoms with Crippen LogP contribution in [0, 0.1) is 11.7 Å². The van der Waals surface area contributed by atoms with Gasteiger partial charge in [-0.25, -0.2) is 4.39 Å². The lowest BCUT2D eigenvalue weighted by molar-refractivity contribution is 0.126. The van der Waals surface area contributed by atoms with Gasteiger partial charge in [0.05, 0.1) is 6.10 Å². The van der Waals surface area contributed by atoms with Crippen molar-refractivity contribution in [3.63, 3.8) is 0 Å². The lowest BCUT2D eigenvalue weighted by atomic mass is 9.88. The highest BCUT2D eigenvalue weighted by Gasteiger charge is 2.23. The van der Waals surface area contributed by atoms with Crippen LogP contribution >= 0.6 is 0 Å². The molecular weight excluding hydrogens is 253 g/mol. The van der Waals surface area contributed by atoms with Crippen LogP contribution < -0.4 is 10.1 Å². The molecule has 0 heterocycles. The van der Waals surface area contributed by atoms with E-state index in [0.717, 1.165) is 19.4 Å². The van der Waals surface area contributed by atoms with Crippen molar-refractivity contribution in [2.75, 3.05) is 6.54 Å². The number of hydrogen-bond acceptors (Lipinski definition) is 2. The summed E-state index contributed by atoms with van der Waals surface area (Å²) >= 11 is 0. The minimum atomic E-state index is -0.181. The summed E-state index contributed by atoms with van der Waals surface area (Å²) in [6.45, 7) is 7.09. The van der Waals surface area contributed by atoms with Crippen molar-refractivity contribution in [3.8, 4) is 5.75 Å². The van der Waals surface area contributed by atoms with Gasteiger partial charge in [0.1, 0.15) is 11.6 Å². The minimum Gasteiger partial charge on any atom is -0.490 e. The number of halogens is 1. The van der Waals surface area contributed by atoms with Crippen LogP contribution in [-0.2, 0) is 0 Å². The van der Waals surface area contributed by atoms with Crippen molar-refractivity contribution >= 4 is 0 Å².